The summed E-state index contributed by atoms with van der Waals surface area (Å²) in [4.78, 5) is 23.3. The summed E-state index contributed by atoms with van der Waals surface area (Å²) in [6.45, 7) is 5.36. The van der Waals surface area contributed by atoms with Crippen molar-refractivity contribution in [2.75, 3.05) is 13.7 Å². The van der Waals surface area contributed by atoms with Crippen molar-refractivity contribution in [1.29, 1.82) is 0 Å². The van der Waals surface area contributed by atoms with Gasteiger partial charge in [0.1, 0.15) is 18.2 Å². The van der Waals surface area contributed by atoms with E-state index in [0.29, 0.717) is 28.1 Å². The van der Waals surface area contributed by atoms with E-state index in [9.17, 15) is 14.0 Å². The van der Waals surface area contributed by atoms with Gasteiger partial charge in [-0.3, -0.25) is 14.3 Å². The molecule has 1 aromatic heterocycles. The summed E-state index contributed by atoms with van der Waals surface area (Å²) < 4.78 is 27.2. The van der Waals surface area contributed by atoms with Gasteiger partial charge in [-0.1, -0.05) is 36.4 Å². The van der Waals surface area contributed by atoms with E-state index in [1.807, 2.05) is 74.0 Å². The molecule has 0 spiro atoms. The number of aliphatic carboxylic acids is 1. The fourth-order valence-corrected chi connectivity index (χ4v) is 5.20. The van der Waals surface area contributed by atoms with Crippen LogP contribution in [-0.4, -0.2) is 46.5 Å². The molecule has 0 fully saturated rings. The molecule has 5 aromatic rings. The summed E-state index contributed by atoms with van der Waals surface area (Å²) in [5, 5.41) is 18.6. The van der Waals surface area contributed by atoms with Crippen LogP contribution in [0.4, 0.5) is 4.39 Å². The zero-order valence-electron chi connectivity index (χ0n) is 25.7. The van der Waals surface area contributed by atoms with E-state index in [2.05, 4.69) is 11.4 Å². The van der Waals surface area contributed by atoms with Crippen LogP contribution in [0.15, 0.2) is 84.9 Å². The number of rotatable bonds is 12. The van der Waals surface area contributed by atoms with Gasteiger partial charge in [-0.25, -0.2) is 4.39 Å². The Kier molecular flexibility index (Phi) is 9.47. The van der Waals surface area contributed by atoms with E-state index in [-0.39, 0.29) is 31.0 Å². The number of nitrogens with one attached hydrogen (secondary N) is 1. The maximum absolute atomic E-state index is 13.8. The van der Waals surface area contributed by atoms with Crippen molar-refractivity contribution < 1.29 is 28.6 Å². The average molecular weight is 610 g/mol. The van der Waals surface area contributed by atoms with Gasteiger partial charge in [-0.15, -0.1) is 0 Å². The summed E-state index contributed by atoms with van der Waals surface area (Å²) >= 11 is 0. The molecule has 0 aliphatic rings. The monoisotopic (exact) mass is 609 g/mol. The Balaban J connectivity index is 1.57. The van der Waals surface area contributed by atoms with Gasteiger partial charge in [0.25, 0.3) is 5.91 Å². The lowest BCUT2D eigenvalue weighted by molar-refractivity contribution is -0.136. The molecule has 9 heteroatoms. The van der Waals surface area contributed by atoms with E-state index >= 15 is 0 Å². The van der Waals surface area contributed by atoms with Crippen LogP contribution in [0.1, 0.15) is 54.7 Å². The number of aromatic nitrogens is 2. The van der Waals surface area contributed by atoms with Crippen LogP contribution >= 0.6 is 0 Å². The zero-order valence-corrected chi connectivity index (χ0v) is 25.7. The fraction of sp³-hybridized carbons (Fsp3) is 0.250. The number of benzene rings is 4. The van der Waals surface area contributed by atoms with E-state index in [4.69, 9.17) is 19.7 Å². The third-order valence-corrected chi connectivity index (χ3v) is 7.56. The minimum atomic E-state index is -0.973. The first kappa shape index (κ1) is 31.3. The van der Waals surface area contributed by atoms with Crippen LogP contribution in [0.3, 0.4) is 0 Å². The molecule has 0 radical (unpaired) electrons. The van der Waals surface area contributed by atoms with Crippen LogP contribution in [0.2, 0.25) is 0 Å². The maximum Gasteiger partial charge on any atom is 0.305 e. The molecule has 0 aliphatic heterocycles. The molecule has 0 aliphatic carbocycles. The maximum atomic E-state index is 13.8. The molecular formula is C36H36FN3O5. The predicted molar refractivity (Wildman–Crippen MR) is 173 cm³/mol. The molecule has 0 saturated heterocycles. The number of carboxylic acids is 1. The highest BCUT2D eigenvalue weighted by Gasteiger charge is 2.21. The predicted octanol–water partition coefficient (Wildman–Crippen LogP) is 7.45. The van der Waals surface area contributed by atoms with Crippen LogP contribution in [0.25, 0.3) is 33.3 Å². The van der Waals surface area contributed by atoms with Crippen molar-refractivity contribution in [3.8, 4) is 34.0 Å². The third kappa shape index (κ3) is 7.15. The lowest BCUT2D eigenvalue weighted by Crippen LogP contribution is -2.26. The quantitative estimate of drug-likeness (QED) is 0.152. The van der Waals surface area contributed by atoms with E-state index < -0.39 is 12.6 Å². The Morgan fingerprint density at radius 2 is 1.67 bits per heavy atom. The Hall–Kier alpha value is -5.18. The highest BCUT2D eigenvalue weighted by molar-refractivity contribution is 5.94. The summed E-state index contributed by atoms with van der Waals surface area (Å²) in [5.41, 5.74) is 5.02. The number of hydrogen-bond donors (Lipinski definition) is 2. The van der Waals surface area contributed by atoms with Gasteiger partial charge in [0.15, 0.2) is 0 Å². The van der Waals surface area contributed by atoms with Gasteiger partial charge in [-0.2, -0.15) is 5.10 Å². The molecule has 1 atom stereocenters. The number of amides is 1. The molecular weight excluding hydrogens is 573 g/mol. The largest absolute Gasteiger partial charge is 0.497 e. The van der Waals surface area contributed by atoms with E-state index in [1.54, 1.807) is 37.4 Å². The average Bonchev–Trinajstić information content (AvgIpc) is 3.49. The first-order valence-electron chi connectivity index (χ1n) is 14.8. The third-order valence-electron chi connectivity index (χ3n) is 7.56. The van der Waals surface area contributed by atoms with Gasteiger partial charge in [0.05, 0.1) is 37.1 Å². The number of nitrogens with zero attached hydrogens (tertiary/aromatic N) is 2. The molecule has 232 valence electrons. The summed E-state index contributed by atoms with van der Waals surface area (Å²) in [6.07, 6.45) is -0.232. The molecule has 1 heterocycles. The Bertz CT molecular complexity index is 1830. The van der Waals surface area contributed by atoms with Crippen molar-refractivity contribution in [3.05, 3.63) is 102 Å². The first-order chi connectivity index (χ1) is 21.7. The number of carboxylic acid groups (broad SMARTS) is 1. The topological polar surface area (TPSA) is 103 Å². The molecule has 45 heavy (non-hydrogen) atoms. The van der Waals surface area contributed by atoms with Crippen molar-refractivity contribution >= 4 is 22.6 Å². The van der Waals surface area contributed by atoms with Gasteiger partial charge >= 0.3 is 5.97 Å². The van der Waals surface area contributed by atoms with Gasteiger partial charge in [-0.05, 0) is 91.2 Å². The number of alkyl halides is 1. The van der Waals surface area contributed by atoms with E-state index in [0.717, 1.165) is 33.3 Å². The molecule has 4 aromatic carbocycles. The molecule has 2 N–H and O–H groups in total. The van der Waals surface area contributed by atoms with Gasteiger partial charge in [0, 0.05) is 23.2 Å². The normalized spacial score (nSPS) is 11.9. The Labute approximate surface area is 261 Å². The number of carbonyl (C=O) groups excluding carboxylic acids is 1. The highest BCUT2D eigenvalue weighted by atomic mass is 19.1. The van der Waals surface area contributed by atoms with Crippen molar-refractivity contribution in [2.24, 2.45) is 0 Å². The van der Waals surface area contributed by atoms with Gasteiger partial charge < -0.3 is 19.9 Å². The smallest absolute Gasteiger partial charge is 0.305 e. The Morgan fingerprint density at radius 1 is 0.933 bits per heavy atom. The number of methoxy groups -OCH3 is 1. The minimum absolute atomic E-state index is 0.0520. The zero-order chi connectivity index (χ0) is 32.1. The molecule has 0 unspecified atom stereocenters. The summed E-state index contributed by atoms with van der Waals surface area (Å²) in [5.74, 6) is 0.0885. The lowest BCUT2D eigenvalue weighted by atomic mass is 10.0. The second-order valence-electron chi connectivity index (χ2n) is 11.1. The fourth-order valence-electron chi connectivity index (χ4n) is 5.20. The van der Waals surface area contributed by atoms with Crippen LogP contribution in [0, 0.1) is 0 Å². The van der Waals surface area contributed by atoms with Crippen molar-refractivity contribution in [3.63, 3.8) is 0 Å². The number of fused-ring (bicyclic) bond motifs is 1. The summed E-state index contributed by atoms with van der Waals surface area (Å²) in [6, 6.07) is 26.3. The number of hydrogen-bond acceptors (Lipinski definition) is 5. The second kappa shape index (κ2) is 13.6. The Morgan fingerprint density at radius 3 is 2.36 bits per heavy atom. The number of halogens is 1. The standard InChI is InChI=1S/C36H36FN3O5/c1-22(2)45-34-14-5-24(21-37)17-31(34)32-20-33(29-11-10-28-19-30(44-4)13-12-27(28)18-29)40(39-32)23(3)25-6-8-26(9-7-25)36(43)38-16-15-35(41)42/h5-14,17-20,22-23H,15-16,21H2,1-4H3,(H,38,43)(H,41,42)/t23-/m0/s1. The molecule has 5 rings (SSSR count). The number of carbonyl (C=O) groups is 2. The van der Waals surface area contributed by atoms with E-state index in [1.165, 1.54) is 0 Å². The lowest BCUT2D eigenvalue weighted by Gasteiger charge is -2.17. The van der Waals surface area contributed by atoms with Crippen LogP contribution in [0.5, 0.6) is 11.5 Å². The van der Waals surface area contributed by atoms with Crippen LogP contribution in [-0.2, 0) is 11.5 Å². The van der Waals surface area contributed by atoms with Crippen LogP contribution < -0.4 is 14.8 Å². The SMILES string of the molecule is COc1ccc2cc(-c3cc(-c4cc(CF)ccc4OC(C)C)nn3[C@@H](C)c3ccc(C(=O)NCCC(=O)O)cc3)ccc2c1. The first-order valence-corrected chi connectivity index (χ1v) is 14.8. The number of ether oxygens (including phenoxy) is 2. The van der Waals surface area contributed by atoms with Crippen molar-refractivity contribution in [2.45, 2.75) is 46.0 Å². The molecule has 8 nitrogen and oxygen atoms in total. The highest BCUT2D eigenvalue weighted by Crippen LogP contribution is 2.37. The van der Waals surface area contributed by atoms with Crippen molar-refractivity contribution in [1.82, 2.24) is 15.1 Å². The molecule has 1 amide bonds. The molecule has 0 saturated carbocycles. The minimum Gasteiger partial charge on any atom is -0.497 e. The van der Waals surface area contributed by atoms with Gasteiger partial charge in [0.2, 0.25) is 0 Å². The molecule has 0 bridgehead atoms. The second-order valence-corrected chi connectivity index (χ2v) is 11.1. The summed E-state index contributed by atoms with van der Waals surface area (Å²) in [7, 11) is 1.64.